The molecule has 23 heteroatoms. The van der Waals surface area contributed by atoms with Crippen molar-refractivity contribution in [2.24, 2.45) is 29.4 Å². The number of fused-ring (bicyclic) bond motifs is 2. The van der Waals surface area contributed by atoms with Gasteiger partial charge < -0.3 is 54.0 Å². The first-order valence-corrected chi connectivity index (χ1v) is 26.0. The number of cyclic esters (lactones) is 1. The summed E-state index contributed by atoms with van der Waals surface area (Å²) in [6.45, 7) is 17.9. The predicted octanol–water partition coefficient (Wildman–Crippen LogP) is 5.97. The van der Waals surface area contributed by atoms with Gasteiger partial charge in [0, 0.05) is 56.5 Å². The van der Waals surface area contributed by atoms with Gasteiger partial charge in [0.15, 0.2) is 28.9 Å². The molecule has 418 valence electrons. The smallest absolute Gasteiger partial charge is 0.430 e. The third-order valence-corrected chi connectivity index (χ3v) is 15.5. The van der Waals surface area contributed by atoms with Gasteiger partial charge in [-0.05, 0) is 109 Å². The van der Waals surface area contributed by atoms with Crippen LogP contribution >= 0.6 is 0 Å². The van der Waals surface area contributed by atoms with Crippen molar-refractivity contribution >= 4 is 52.5 Å². The molecule has 3 fully saturated rings. The highest BCUT2D eigenvalue weighted by Crippen LogP contribution is 2.45. The molecule has 6 heterocycles. The van der Waals surface area contributed by atoms with Crippen molar-refractivity contribution in [1.82, 2.24) is 34.4 Å². The second-order valence-corrected chi connectivity index (χ2v) is 20.9. The highest BCUT2D eigenvalue weighted by molar-refractivity contribution is 6.06. The van der Waals surface area contributed by atoms with Gasteiger partial charge in [-0.3, -0.25) is 19.4 Å². The lowest BCUT2D eigenvalue weighted by Gasteiger charge is -2.48. The molecule has 3 aliphatic heterocycles. The molecule has 0 bridgehead atoms. The number of ether oxygens (including phenoxy) is 6. The lowest BCUT2D eigenvalue weighted by atomic mass is 9.73. The van der Waals surface area contributed by atoms with E-state index in [0.29, 0.717) is 43.6 Å². The van der Waals surface area contributed by atoms with Crippen molar-refractivity contribution in [3.05, 3.63) is 85.6 Å². The number of unbranched alkanes of at least 4 members (excludes halogenated alkanes) is 1. The second-order valence-electron chi connectivity index (χ2n) is 20.9. The lowest BCUT2D eigenvalue weighted by molar-refractivity contribution is -0.301. The Hall–Kier alpha value is -6.66. The number of hydrogen-bond acceptors (Lipinski definition) is 18. The van der Waals surface area contributed by atoms with Crippen LogP contribution in [0.25, 0.3) is 11.2 Å². The molecule has 1 unspecified atom stereocenters. The number of urea groups is 1. The van der Waals surface area contributed by atoms with Gasteiger partial charge in [-0.1, -0.05) is 33.4 Å². The number of rotatable bonds is 15. The van der Waals surface area contributed by atoms with Crippen LogP contribution < -0.4 is 16.1 Å². The molecule has 1 aromatic carbocycles. The Morgan fingerprint density at radius 3 is 2.43 bits per heavy atom. The molecule has 4 N–H and O–H groups in total. The number of anilines is 2. The molecule has 0 saturated carbocycles. The first-order valence-electron chi connectivity index (χ1n) is 26.0. The number of likely N-dealkylation sites (N-methyl/N-ethyl adjacent to an activating group) is 1. The quantitative estimate of drug-likeness (QED) is 0.0704. The van der Waals surface area contributed by atoms with Gasteiger partial charge >= 0.3 is 24.1 Å². The topological polar surface area (TPSA) is 265 Å². The van der Waals surface area contributed by atoms with Gasteiger partial charge in [-0.25, -0.2) is 33.9 Å². The van der Waals surface area contributed by atoms with Crippen LogP contribution in [0.15, 0.2) is 74.2 Å². The molecule has 22 nitrogen and oxygen atoms in total. The molecule has 4 aromatic rings. The van der Waals surface area contributed by atoms with Crippen molar-refractivity contribution < 1.29 is 61.9 Å². The Balaban J connectivity index is 1.36. The molecule has 7 rings (SSSR count). The molecule has 0 aliphatic carbocycles. The molecule has 3 aliphatic rings. The largest absolute Gasteiger partial charge is 0.461 e. The van der Waals surface area contributed by atoms with Gasteiger partial charge in [0.1, 0.15) is 42.3 Å². The Kier molecular flexibility index (Phi) is 18.3. The summed E-state index contributed by atoms with van der Waals surface area (Å²) in [4.78, 5) is 94.1. The Bertz CT molecular complexity index is 2740. The highest BCUT2D eigenvalue weighted by Gasteiger charge is 2.63. The van der Waals surface area contributed by atoms with Crippen molar-refractivity contribution in [2.75, 3.05) is 31.0 Å². The summed E-state index contributed by atoms with van der Waals surface area (Å²) in [5, 5.41) is 16.5. The maximum atomic E-state index is 15.5. The number of aryl methyl sites for hydroxylation is 1. The van der Waals surface area contributed by atoms with E-state index in [9.17, 15) is 23.9 Å². The van der Waals surface area contributed by atoms with Crippen LogP contribution in [0.1, 0.15) is 86.6 Å². The number of pyridine rings is 1. The summed E-state index contributed by atoms with van der Waals surface area (Å²) >= 11 is 0. The number of ketones is 1. The van der Waals surface area contributed by atoms with Crippen LogP contribution in [0.3, 0.4) is 0 Å². The number of Topliss-reactive ketones (excluding diaryl/α,β-unsaturated/α-hetero) is 1. The lowest BCUT2D eigenvalue weighted by Crippen LogP contribution is -2.63. The van der Waals surface area contributed by atoms with E-state index < -0.39 is 119 Å². The monoisotopic (exact) mass is 1070 g/mol. The summed E-state index contributed by atoms with van der Waals surface area (Å²) in [7, 11) is 3.21. The maximum absolute atomic E-state index is 15.5. The summed E-state index contributed by atoms with van der Waals surface area (Å²) in [5.41, 5.74) is 3.47. The summed E-state index contributed by atoms with van der Waals surface area (Å²) in [6.07, 6.45) is 0.950. The number of halogens is 1. The van der Waals surface area contributed by atoms with Crippen LogP contribution in [0.4, 0.5) is 25.5 Å². The molecular weight excluding hydrogens is 1000 g/mol. The zero-order valence-electron chi connectivity index (χ0n) is 45.4. The van der Waals surface area contributed by atoms with Crippen LogP contribution in [0.2, 0.25) is 0 Å². The number of aromatic nitrogens is 5. The fourth-order valence-corrected chi connectivity index (χ4v) is 11.0. The number of carbonyl (C=O) groups excluding carboxylic acids is 5. The SMILES string of the molecule is C=CN(C)[C@H]1C[C@@H](C)OC(O[C@@H]2[C@@H](C)[C@H](OC(=O)Cc3cccnc3)[C@@H](C)C(=O)O[C@H](C)[C@@]3(C)OC(=O)N(N(C(=O)Nc4ccc(F)cc4)c4ncnc5c4ncn5CCCCN)[C@H]3[C@@H](C)C(=O)[C@H](C)C[C@@]2(C)OC)[C@@H]1O. The number of nitrogens with one attached hydrogen (secondary N) is 1. The number of imidazole rings is 1. The minimum Gasteiger partial charge on any atom is -0.461 e. The Morgan fingerprint density at radius 1 is 1.04 bits per heavy atom. The predicted molar refractivity (Wildman–Crippen MR) is 279 cm³/mol. The number of carbonyl (C=O) groups is 5. The number of nitrogens with zero attached hydrogens (tertiary/aromatic N) is 8. The zero-order chi connectivity index (χ0) is 56.1. The van der Waals surface area contributed by atoms with E-state index in [4.69, 9.17) is 34.2 Å². The van der Waals surface area contributed by atoms with Gasteiger partial charge in [0.05, 0.1) is 42.5 Å². The molecular formula is C54H73FN10O12. The van der Waals surface area contributed by atoms with Gasteiger partial charge in [0.2, 0.25) is 0 Å². The number of benzene rings is 1. The van der Waals surface area contributed by atoms with E-state index in [1.165, 1.54) is 58.9 Å². The number of esters is 2. The molecule has 77 heavy (non-hydrogen) atoms. The van der Waals surface area contributed by atoms with E-state index in [1.807, 2.05) is 6.92 Å². The van der Waals surface area contributed by atoms with Crippen LogP contribution in [0.5, 0.6) is 0 Å². The summed E-state index contributed by atoms with van der Waals surface area (Å²) < 4.78 is 54.5. The summed E-state index contributed by atoms with van der Waals surface area (Å²) in [5.74, 6) is -7.17. The number of aliphatic hydroxyl groups is 1. The fraction of sp³-hybridized carbons (Fsp3) is 0.574. The number of amides is 3. The second kappa shape index (κ2) is 24.3. The first-order chi connectivity index (χ1) is 36.6. The standard InChI is InChI=1S/C54H73FN10O12/c1-12-62(10)39-24-31(3)73-50(43(39)68)76-46-33(5)44(75-40(66)25-36-16-15-22-57-27-36)34(6)49(69)74-35(7)54(9)45(32(4)42(67)30(2)26-53(46,8)72-11)64(52(71)77-54)65(51(70)61-38-19-17-37(55)18-20-38)48-41-47(58-28-59-48)63(29-60-41)23-14-13-21-56/h12,15-20,22,27-35,39,43-46,50,68H,1,13-14,21,23-26,56H2,2-11H3,(H,61,70)/t30-,31-,32+,33+,34-,35-,39+,43-,44+,45+,46-,50?,53-,54-/m1/s1. The number of hydrazine groups is 1. The van der Waals surface area contributed by atoms with Crippen molar-refractivity contribution in [3.63, 3.8) is 0 Å². The molecule has 14 atom stereocenters. The first kappa shape index (κ1) is 58.0. The maximum Gasteiger partial charge on any atom is 0.430 e. The van der Waals surface area contributed by atoms with E-state index >= 15 is 9.59 Å². The number of methoxy groups -OCH3 is 1. The van der Waals surface area contributed by atoms with Gasteiger partial charge in [0.25, 0.3) is 0 Å². The molecule has 0 radical (unpaired) electrons. The van der Waals surface area contributed by atoms with Crippen LogP contribution in [0, 0.1) is 29.5 Å². The highest BCUT2D eigenvalue weighted by atomic mass is 19.1. The van der Waals surface area contributed by atoms with Gasteiger partial charge in [-0.15, -0.1) is 0 Å². The summed E-state index contributed by atoms with van der Waals surface area (Å²) in [6, 6.07) is 5.38. The van der Waals surface area contributed by atoms with E-state index in [0.717, 1.165) is 22.2 Å². The minimum absolute atomic E-state index is 0.0814. The minimum atomic E-state index is -1.91. The van der Waals surface area contributed by atoms with E-state index in [-0.39, 0.29) is 29.9 Å². The fourth-order valence-electron chi connectivity index (χ4n) is 11.0. The average Bonchev–Trinajstić information content (AvgIpc) is 3.96. The Morgan fingerprint density at radius 2 is 1.77 bits per heavy atom. The van der Waals surface area contributed by atoms with E-state index in [2.05, 4.69) is 31.8 Å². The Labute approximate surface area is 447 Å². The molecule has 3 amide bonds. The number of aliphatic hydroxyl groups excluding tert-OH is 1. The number of hydrogen-bond donors (Lipinski definition) is 3. The zero-order valence-corrected chi connectivity index (χ0v) is 45.4. The van der Waals surface area contributed by atoms with Crippen LogP contribution in [-0.2, 0) is 55.8 Å². The van der Waals surface area contributed by atoms with Crippen molar-refractivity contribution in [2.45, 2.75) is 154 Å². The van der Waals surface area contributed by atoms with Crippen molar-refractivity contribution in [3.8, 4) is 0 Å². The molecule has 3 saturated heterocycles. The number of nitrogens with two attached hydrogens (primary N) is 1. The van der Waals surface area contributed by atoms with E-state index in [1.54, 1.807) is 68.7 Å². The average molecular weight is 1070 g/mol. The molecule has 3 aromatic heterocycles. The van der Waals surface area contributed by atoms with Crippen molar-refractivity contribution in [1.29, 1.82) is 0 Å². The third-order valence-electron chi connectivity index (χ3n) is 15.5. The van der Waals surface area contributed by atoms with Gasteiger partial charge in [-0.2, -0.15) is 5.01 Å². The van der Waals surface area contributed by atoms with Crippen LogP contribution in [-0.4, -0.2) is 150 Å². The molecule has 0 spiro atoms. The third kappa shape index (κ3) is 12.2. The normalized spacial score (nSPS) is 31.1.